The Balaban J connectivity index is 1.86. The summed E-state index contributed by atoms with van der Waals surface area (Å²) in [5.74, 6) is 1.63. The first-order valence-electron chi connectivity index (χ1n) is 7.08. The average molecular weight is 261 g/mol. The Bertz CT molecular complexity index is 408. The molecule has 1 aliphatic carbocycles. The summed E-state index contributed by atoms with van der Waals surface area (Å²) in [6.07, 6.45) is 8.39. The van der Waals surface area contributed by atoms with Crippen LogP contribution in [0.1, 0.15) is 42.5 Å². The molecule has 1 amide bonds. The molecule has 1 aromatic heterocycles. The van der Waals surface area contributed by atoms with Crippen molar-refractivity contribution in [2.75, 3.05) is 26.0 Å². The lowest BCUT2D eigenvalue weighted by Gasteiger charge is -2.22. The van der Waals surface area contributed by atoms with Gasteiger partial charge >= 0.3 is 0 Å². The number of anilines is 1. The quantitative estimate of drug-likeness (QED) is 0.906. The molecule has 0 radical (unpaired) electrons. The molecule has 1 heterocycles. The molecule has 1 aliphatic rings. The summed E-state index contributed by atoms with van der Waals surface area (Å²) in [5, 5.41) is 3.37. The number of carbonyl (C=O) groups is 1. The lowest BCUT2D eigenvalue weighted by molar-refractivity contribution is 0.0827. The van der Waals surface area contributed by atoms with Crippen LogP contribution in [0.15, 0.2) is 18.3 Å². The predicted octanol–water partition coefficient (Wildman–Crippen LogP) is 2.78. The Morgan fingerprint density at radius 1 is 1.32 bits per heavy atom. The van der Waals surface area contributed by atoms with Crippen molar-refractivity contribution < 1.29 is 4.79 Å². The molecule has 0 aromatic carbocycles. The molecular weight excluding hydrogens is 238 g/mol. The molecule has 0 unspecified atom stereocenters. The number of carbonyl (C=O) groups excluding carboxylic acids is 1. The van der Waals surface area contributed by atoms with Crippen molar-refractivity contribution >= 4 is 11.7 Å². The highest BCUT2D eigenvalue weighted by Crippen LogP contribution is 2.23. The fourth-order valence-corrected chi connectivity index (χ4v) is 2.52. The normalized spacial score (nSPS) is 16.1. The van der Waals surface area contributed by atoms with Crippen molar-refractivity contribution in [2.45, 2.75) is 32.1 Å². The van der Waals surface area contributed by atoms with E-state index < -0.39 is 0 Å². The molecule has 19 heavy (non-hydrogen) atoms. The minimum Gasteiger partial charge on any atom is -0.370 e. The van der Waals surface area contributed by atoms with E-state index in [1.807, 2.05) is 12.1 Å². The SMILES string of the molecule is CN(C)C(=O)c1ccc(NCC2CCCCC2)nc1. The van der Waals surface area contributed by atoms with E-state index in [0.29, 0.717) is 5.56 Å². The van der Waals surface area contributed by atoms with Crippen LogP contribution in [-0.4, -0.2) is 36.4 Å². The van der Waals surface area contributed by atoms with E-state index in [1.165, 1.54) is 32.1 Å². The average Bonchev–Trinajstić information content (AvgIpc) is 2.46. The van der Waals surface area contributed by atoms with Gasteiger partial charge in [0.1, 0.15) is 5.82 Å². The molecule has 1 aromatic rings. The first-order chi connectivity index (χ1) is 9.16. The summed E-state index contributed by atoms with van der Waals surface area (Å²) in [5.41, 5.74) is 0.633. The Hall–Kier alpha value is -1.58. The summed E-state index contributed by atoms with van der Waals surface area (Å²) in [6, 6.07) is 3.72. The third kappa shape index (κ3) is 3.94. The molecule has 4 heteroatoms. The molecule has 0 spiro atoms. The number of rotatable bonds is 4. The number of amides is 1. The second kappa shape index (κ2) is 6.55. The van der Waals surface area contributed by atoms with E-state index in [-0.39, 0.29) is 5.91 Å². The number of hydrogen-bond donors (Lipinski definition) is 1. The number of hydrogen-bond acceptors (Lipinski definition) is 3. The van der Waals surface area contributed by atoms with Crippen molar-refractivity contribution in [3.8, 4) is 0 Å². The third-order valence-electron chi connectivity index (χ3n) is 3.71. The zero-order valence-electron chi connectivity index (χ0n) is 11.9. The first-order valence-corrected chi connectivity index (χ1v) is 7.08. The molecular formula is C15H23N3O. The van der Waals surface area contributed by atoms with Gasteiger partial charge in [0.25, 0.3) is 5.91 Å². The van der Waals surface area contributed by atoms with Crippen LogP contribution >= 0.6 is 0 Å². The summed E-state index contributed by atoms with van der Waals surface area (Å²) < 4.78 is 0. The molecule has 2 rings (SSSR count). The highest BCUT2D eigenvalue weighted by molar-refractivity contribution is 5.93. The van der Waals surface area contributed by atoms with Crippen molar-refractivity contribution in [1.29, 1.82) is 0 Å². The maximum Gasteiger partial charge on any atom is 0.254 e. The van der Waals surface area contributed by atoms with Gasteiger partial charge in [-0.05, 0) is 30.9 Å². The monoisotopic (exact) mass is 261 g/mol. The van der Waals surface area contributed by atoms with Crippen LogP contribution < -0.4 is 5.32 Å². The Labute approximate surface area is 115 Å². The van der Waals surface area contributed by atoms with Gasteiger partial charge in [-0.25, -0.2) is 4.98 Å². The van der Waals surface area contributed by atoms with Gasteiger partial charge in [-0.3, -0.25) is 4.79 Å². The fourth-order valence-electron chi connectivity index (χ4n) is 2.52. The Morgan fingerprint density at radius 3 is 2.63 bits per heavy atom. The van der Waals surface area contributed by atoms with Crippen LogP contribution in [0.5, 0.6) is 0 Å². The van der Waals surface area contributed by atoms with E-state index in [0.717, 1.165) is 18.3 Å². The smallest absolute Gasteiger partial charge is 0.254 e. The minimum absolute atomic E-state index is 0.00803. The van der Waals surface area contributed by atoms with Gasteiger partial charge in [-0.2, -0.15) is 0 Å². The topological polar surface area (TPSA) is 45.2 Å². The third-order valence-corrected chi connectivity index (χ3v) is 3.71. The molecule has 1 fully saturated rings. The zero-order valence-corrected chi connectivity index (χ0v) is 11.9. The van der Waals surface area contributed by atoms with E-state index in [1.54, 1.807) is 25.2 Å². The van der Waals surface area contributed by atoms with Gasteiger partial charge in [0.05, 0.1) is 5.56 Å². The zero-order chi connectivity index (χ0) is 13.7. The molecule has 1 saturated carbocycles. The highest BCUT2D eigenvalue weighted by atomic mass is 16.2. The van der Waals surface area contributed by atoms with E-state index in [4.69, 9.17) is 0 Å². The van der Waals surface area contributed by atoms with Gasteiger partial charge in [0.2, 0.25) is 0 Å². The van der Waals surface area contributed by atoms with Crippen LogP contribution in [0.2, 0.25) is 0 Å². The van der Waals surface area contributed by atoms with Gasteiger partial charge < -0.3 is 10.2 Å². The predicted molar refractivity (Wildman–Crippen MR) is 77.3 cm³/mol. The maximum atomic E-state index is 11.7. The number of aromatic nitrogens is 1. The Kier molecular flexibility index (Phi) is 4.77. The number of nitrogens with one attached hydrogen (secondary N) is 1. The summed E-state index contributed by atoms with van der Waals surface area (Å²) in [6.45, 7) is 0.994. The summed E-state index contributed by atoms with van der Waals surface area (Å²) >= 11 is 0. The maximum absolute atomic E-state index is 11.7. The molecule has 104 valence electrons. The van der Waals surface area contributed by atoms with Crippen molar-refractivity contribution in [1.82, 2.24) is 9.88 Å². The van der Waals surface area contributed by atoms with Crippen molar-refractivity contribution in [2.24, 2.45) is 5.92 Å². The standard InChI is InChI=1S/C15H23N3O/c1-18(2)15(19)13-8-9-14(17-11-13)16-10-12-6-4-3-5-7-12/h8-9,11-12H,3-7,10H2,1-2H3,(H,16,17). The van der Waals surface area contributed by atoms with Gasteiger partial charge in [-0.15, -0.1) is 0 Å². The number of pyridine rings is 1. The molecule has 0 saturated heterocycles. The fraction of sp³-hybridized carbons (Fsp3) is 0.600. The molecule has 1 N–H and O–H groups in total. The minimum atomic E-state index is -0.00803. The van der Waals surface area contributed by atoms with E-state index in [2.05, 4.69) is 10.3 Å². The van der Waals surface area contributed by atoms with E-state index >= 15 is 0 Å². The molecule has 0 aliphatic heterocycles. The largest absolute Gasteiger partial charge is 0.370 e. The van der Waals surface area contributed by atoms with Crippen molar-refractivity contribution in [3.05, 3.63) is 23.9 Å². The van der Waals surface area contributed by atoms with Crippen LogP contribution in [0, 0.1) is 5.92 Å². The first kappa shape index (κ1) is 13.8. The van der Waals surface area contributed by atoms with Gasteiger partial charge in [0, 0.05) is 26.8 Å². The van der Waals surface area contributed by atoms with Crippen LogP contribution in [0.25, 0.3) is 0 Å². The molecule has 0 atom stereocenters. The van der Waals surface area contributed by atoms with Crippen LogP contribution in [-0.2, 0) is 0 Å². The lowest BCUT2D eigenvalue weighted by Crippen LogP contribution is -2.22. The molecule has 0 bridgehead atoms. The second-order valence-corrected chi connectivity index (χ2v) is 5.52. The van der Waals surface area contributed by atoms with Crippen LogP contribution in [0.4, 0.5) is 5.82 Å². The molecule has 4 nitrogen and oxygen atoms in total. The van der Waals surface area contributed by atoms with Crippen LogP contribution in [0.3, 0.4) is 0 Å². The Morgan fingerprint density at radius 2 is 2.05 bits per heavy atom. The lowest BCUT2D eigenvalue weighted by atomic mass is 9.89. The highest BCUT2D eigenvalue weighted by Gasteiger charge is 2.13. The summed E-state index contributed by atoms with van der Waals surface area (Å²) in [7, 11) is 3.50. The van der Waals surface area contributed by atoms with Gasteiger partial charge in [-0.1, -0.05) is 19.3 Å². The second-order valence-electron chi connectivity index (χ2n) is 5.52. The number of nitrogens with zero attached hydrogens (tertiary/aromatic N) is 2. The van der Waals surface area contributed by atoms with Crippen molar-refractivity contribution in [3.63, 3.8) is 0 Å². The van der Waals surface area contributed by atoms with Gasteiger partial charge in [0.15, 0.2) is 0 Å². The summed E-state index contributed by atoms with van der Waals surface area (Å²) in [4.78, 5) is 17.6. The van der Waals surface area contributed by atoms with E-state index in [9.17, 15) is 4.79 Å².